The summed E-state index contributed by atoms with van der Waals surface area (Å²) < 4.78 is 5.56. The number of benzene rings is 1. The van der Waals surface area contributed by atoms with Gasteiger partial charge in [-0.05, 0) is 42.5 Å². The first-order valence-electron chi connectivity index (χ1n) is 7.06. The molecule has 1 atom stereocenters. The Bertz CT molecular complexity index is 318. The van der Waals surface area contributed by atoms with Crippen molar-refractivity contribution in [3.05, 3.63) is 29.8 Å². The Morgan fingerprint density at radius 1 is 1.11 bits per heavy atom. The fourth-order valence-electron chi connectivity index (χ4n) is 1.60. The first-order valence-corrected chi connectivity index (χ1v) is 7.06. The Labute approximate surface area is 112 Å². The Hall–Kier alpha value is -1.02. The van der Waals surface area contributed by atoms with Crippen LogP contribution in [0.3, 0.4) is 0 Å². The Morgan fingerprint density at radius 3 is 2.33 bits per heavy atom. The third-order valence-electron chi connectivity index (χ3n) is 3.33. The third kappa shape index (κ3) is 5.54. The highest BCUT2D eigenvalue weighted by atomic mass is 16.5. The fraction of sp³-hybridized carbons (Fsp3) is 0.625. The van der Waals surface area contributed by atoms with Crippen LogP contribution < -0.4 is 10.1 Å². The first kappa shape index (κ1) is 15.0. The molecule has 0 amide bonds. The summed E-state index contributed by atoms with van der Waals surface area (Å²) in [6.07, 6.45) is 1.05. The molecule has 0 bridgehead atoms. The van der Waals surface area contributed by atoms with Crippen LogP contribution in [0, 0.1) is 11.8 Å². The lowest BCUT2D eigenvalue weighted by atomic mass is 9.98. The molecule has 0 heterocycles. The fourth-order valence-corrected chi connectivity index (χ4v) is 1.60. The highest BCUT2D eigenvalue weighted by molar-refractivity contribution is 5.27. The van der Waals surface area contributed by atoms with E-state index < -0.39 is 0 Å². The van der Waals surface area contributed by atoms with Crippen LogP contribution in [-0.2, 0) is 6.54 Å². The van der Waals surface area contributed by atoms with Crippen LogP contribution in [-0.4, -0.2) is 13.2 Å². The lowest BCUT2D eigenvalue weighted by Gasteiger charge is -2.16. The van der Waals surface area contributed by atoms with Gasteiger partial charge in [-0.3, -0.25) is 0 Å². The van der Waals surface area contributed by atoms with Crippen molar-refractivity contribution in [3.63, 3.8) is 0 Å². The molecule has 0 spiro atoms. The van der Waals surface area contributed by atoms with Crippen LogP contribution in [0.4, 0.5) is 0 Å². The van der Waals surface area contributed by atoms with E-state index in [4.69, 9.17) is 4.74 Å². The summed E-state index contributed by atoms with van der Waals surface area (Å²) in [7, 11) is 0. The number of hydrogen-bond acceptors (Lipinski definition) is 2. The average molecular weight is 249 g/mol. The Morgan fingerprint density at radius 2 is 1.78 bits per heavy atom. The van der Waals surface area contributed by atoms with Crippen molar-refractivity contribution in [1.82, 2.24) is 5.32 Å². The third-order valence-corrected chi connectivity index (χ3v) is 3.33. The standard InChI is InChI=1S/C16H27NO/c1-5-10-18-16-8-6-15(7-9-16)12-17-11-14(4)13(2)3/h6-9,13-14,17H,5,10-12H2,1-4H3. The molecule has 0 aliphatic heterocycles. The second kappa shape index (κ2) is 8.15. The van der Waals surface area contributed by atoms with E-state index in [1.54, 1.807) is 0 Å². The number of ether oxygens (including phenoxy) is 1. The minimum atomic E-state index is 0.720. The Balaban J connectivity index is 2.30. The van der Waals surface area contributed by atoms with E-state index in [0.717, 1.165) is 43.7 Å². The van der Waals surface area contributed by atoms with Gasteiger partial charge in [0.15, 0.2) is 0 Å². The van der Waals surface area contributed by atoms with Crippen molar-refractivity contribution >= 4 is 0 Å². The van der Waals surface area contributed by atoms with Gasteiger partial charge in [0.05, 0.1) is 6.61 Å². The van der Waals surface area contributed by atoms with Crippen molar-refractivity contribution in [2.45, 2.75) is 40.7 Å². The molecule has 0 saturated heterocycles. The lowest BCUT2D eigenvalue weighted by molar-refractivity contribution is 0.317. The zero-order valence-electron chi connectivity index (χ0n) is 12.2. The normalized spacial score (nSPS) is 12.7. The van der Waals surface area contributed by atoms with E-state index in [0.29, 0.717) is 0 Å². The number of rotatable bonds is 8. The zero-order valence-corrected chi connectivity index (χ0v) is 12.2. The van der Waals surface area contributed by atoms with Crippen LogP contribution in [0.5, 0.6) is 5.75 Å². The molecule has 0 aliphatic rings. The largest absolute Gasteiger partial charge is 0.494 e. The van der Waals surface area contributed by atoms with Crippen LogP contribution in [0.15, 0.2) is 24.3 Å². The van der Waals surface area contributed by atoms with Crippen molar-refractivity contribution in [2.24, 2.45) is 11.8 Å². The highest BCUT2D eigenvalue weighted by Crippen LogP contribution is 2.13. The average Bonchev–Trinajstić information content (AvgIpc) is 2.37. The maximum Gasteiger partial charge on any atom is 0.119 e. The van der Waals surface area contributed by atoms with Crippen LogP contribution >= 0.6 is 0 Å². The molecular formula is C16H27NO. The minimum absolute atomic E-state index is 0.720. The molecule has 102 valence electrons. The molecule has 0 radical (unpaired) electrons. The predicted octanol–water partition coefficient (Wildman–Crippen LogP) is 3.86. The molecule has 1 aromatic carbocycles. The van der Waals surface area contributed by atoms with Gasteiger partial charge in [0.25, 0.3) is 0 Å². The topological polar surface area (TPSA) is 21.3 Å². The Kier molecular flexibility index (Phi) is 6.81. The molecule has 0 saturated carbocycles. The van der Waals surface area contributed by atoms with Crippen LogP contribution in [0.25, 0.3) is 0 Å². The summed E-state index contributed by atoms with van der Waals surface area (Å²) >= 11 is 0. The van der Waals surface area contributed by atoms with E-state index in [1.807, 2.05) is 0 Å². The molecule has 0 aromatic heterocycles. The summed E-state index contributed by atoms with van der Waals surface area (Å²) in [4.78, 5) is 0. The van der Waals surface area contributed by atoms with Gasteiger partial charge in [-0.15, -0.1) is 0 Å². The zero-order chi connectivity index (χ0) is 13.4. The molecule has 18 heavy (non-hydrogen) atoms. The minimum Gasteiger partial charge on any atom is -0.494 e. The van der Waals surface area contributed by atoms with Gasteiger partial charge in [-0.2, -0.15) is 0 Å². The van der Waals surface area contributed by atoms with Gasteiger partial charge < -0.3 is 10.1 Å². The predicted molar refractivity (Wildman–Crippen MR) is 77.9 cm³/mol. The van der Waals surface area contributed by atoms with E-state index in [2.05, 4.69) is 57.3 Å². The van der Waals surface area contributed by atoms with Crippen LogP contribution in [0.2, 0.25) is 0 Å². The van der Waals surface area contributed by atoms with E-state index in [1.165, 1.54) is 5.56 Å². The molecule has 1 N–H and O–H groups in total. The van der Waals surface area contributed by atoms with E-state index in [-0.39, 0.29) is 0 Å². The summed E-state index contributed by atoms with van der Waals surface area (Å²) in [5.41, 5.74) is 1.31. The second-order valence-electron chi connectivity index (χ2n) is 5.34. The van der Waals surface area contributed by atoms with Gasteiger partial charge in [0, 0.05) is 6.54 Å². The van der Waals surface area contributed by atoms with E-state index in [9.17, 15) is 0 Å². The molecule has 0 aliphatic carbocycles. The van der Waals surface area contributed by atoms with E-state index >= 15 is 0 Å². The summed E-state index contributed by atoms with van der Waals surface area (Å²) in [6, 6.07) is 8.38. The maximum atomic E-state index is 5.56. The SMILES string of the molecule is CCCOc1ccc(CNCC(C)C(C)C)cc1. The highest BCUT2D eigenvalue weighted by Gasteiger charge is 2.05. The van der Waals surface area contributed by atoms with Gasteiger partial charge >= 0.3 is 0 Å². The lowest BCUT2D eigenvalue weighted by Crippen LogP contribution is -2.23. The van der Waals surface area contributed by atoms with Crippen molar-refractivity contribution < 1.29 is 4.74 Å². The number of hydrogen-bond donors (Lipinski definition) is 1. The molecule has 1 rings (SSSR count). The van der Waals surface area contributed by atoms with Crippen molar-refractivity contribution in [2.75, 3.05) is 13.2 Å². The van der Waals surface area contributed by atoms with Crippen LogP contribution in [0.1, 0.15) is 39.7 Å². The molecule has 0 fully saturated rings. The van der Waals surface area contributed by atoms with Gasteiger partial charge in [-0.25, -0.2) is 0 Å². The molecule has 1 unspecified atom stereocenters. The summed E-state index contributed by atoms with van der Waals surface area (Å²) in [5, 5.41) is 3.50. The first-order chi connectivity index (χ1) is 8.63. The summed E-state index contributed by atoms with van der Waals surface area (Å²) in [6.45, 7) is 11.8. The van der Waals surface area contributed by atoms with Crippen molar-refractivity contribution in [3.8, 4) is 5.75 Å². The summed E-state index contributed by atoms with van der Waals surface area (Å²) in [5.74, 6) is 2.43. The monoisotopic (exact) mass is 249 g/mol. The molecule has 1 aromatic rings. The van der Waals surface area contributed by atoms with Gasteiger partial charge in [-0.1, -0.05) is 39.8 Å². The van der Waals surface area contributed by atoms with Crippen molar-refractivity contribution in [1.29, 1.82) is 0 Å². The molecule has 2 heteroatoms. The maximum absolute atomic E-state index is 5.56. The second-order valence-corrected chi connectivity index (χ2v) is 5.34. The number of nitrogens with one attached hydrogen (secondary N) is 1. The smallest absolute Gasteiger partial charge is 0.119 e. The molecular weight excluding hydrogens is 222 g/mol. The molecule has 2 nitrogen and oxygen atoms in total. The van der Waals surface area contributed by atoms with Gasteiger partial charge in [0.2, 0.25) is 0 Å². The quantitative estimate of drug-likeness (QED) is 0.755. The van der Waals surface area contributed by atoms with Gasteiger partial charge in [0.1, 0.15) is 5.75 Å².